The fourth-order valence-electron chi connectivity index (χ4n) is 2.58. The first-order valence-corrected chi connectivity index (χ1v) is 8.95. The van der Waals surface area contributed by atoms with E-state index >= 15 is 0 Å². The monoisotopic (exact) mass is 305 g/mol. The van der Waals surface area contributed by atoms with Crippen LogP contribution in [0.4, 0.5) is 0 Å². The van der Waals surface area contributed by atoms with Crippen molar-refractivity contribution in [3.8, 4) is 0 Å². The lowest BCUT2D eigenvalue weighted by Gasteiger charge is -2.21. The molecule has 2 rings (SSSR count). The van der Waals surface area contributed by atoms with Crippen LogP contribution in [-0.2, 0) is 14.9 Å². The lowest BCUT2D eigenvalue weighted by atomic mass is 10.3. The molecule has 118 valence electrons. The maximum atomic E-state index is 12.2. The molecule has 2 aliphatic carbocycles. The van der Waals surface area contributed by atoms with Crippen LogP contribution in [0.5, 0.6) is 0 Å². The zero-order chi connectivity index (χ0) is 14.6. The van der Waals surface area contributed by atoms with Gasteiger partial charge >= 0.3 is 0 Å². The summed E-state index contributed by atoms with van der Waals surface area (Å²) in [6.07, 6.45) is 6.12. The Morgan fingerprint density at radius 2 is 1.90 bits per heavy atom. The number of rotatable bonds is 9. The molecule has 2 fully saturated rings. The van der Waals surface area contributed by atoms with Crippen molar-refractivity contribution in [1.29, 1.82) is 0 Å². The molecule has 0 heterocycles. The predicted octanol–water partition coefficient (Wildman–Crippen LogP) is 0.462. The van der Waals surface area contributed by atoms with Crippen molar-refractivity contribution in [1.82, 2.24) is 14.3 Å². The van der Waals surface area contributed by atoms with Gasteiger partial charge in [-0.25, -0.2) is 0 Å². The molecule has 0 spiro atoms. The highest BCUT2D eigenvalue weighted by Crippen LogP contribution is 2.22. The minimum Gasteiger partial charge on any atom is -0.381 e. The van der Waals surface area contributed by atoms with Crippen molar-refractivity contribution in [3.05, 3.63) is 0 Å². The molecule has 2 unspecified atom stereocenters. The van der Waals surface area contributed by atoms with Crippen molar-refractivity contribution in [3.63, 3.8) is 0 Å². The Balaban J connectivity index is 1.68. The van der Waals surface area contributed by atoms with E-state index in [4.69, 9.17) is 4.74 Å². The zero-order valence-electron chi connectivity index (χ0n) is 12.5. The van der Waals surface area contributed by atoms with Crippen LogP contribution in [0.25, 0.3) is 0 Å². The molecule has 0 radical (unpaired) electrons. The van der Waals surface area contributed by atoms with Gasteiger partial charge in [0.25, 0.3) is 10.2 Å². The Bertz CT molecular complexity index is 398. The molecule has 0 aromatic rings. The molecule has 7 heteroatoms. The van der Waals surface area contributed by atoms with Gasteiger partial charge in [0.1, 0.15) is 0 Å². The van der Waals surface area contributed by atoms with E-state index in [2.05, 4.69) is 10.0 Å². The first-order valence-electron chi connectivity index (χ1n) is 7.51. The Morgan fingerprint density at radius 1 is 1.20 bits per heavy atom. The highest BCUT2D eigenvalue weighted by atomic mass is 32.2. The van der Waals surface area contributed by atoms with Crippen LogP contribution in [0, 0.1) is 0 Å². The molecule has 2 N–H and O–H groups in total. The smallest absolute Gasteiger partial charge is 0.279 e. The first kappa shape index (κ1) is 16.2. The summed E-state index contributed by atoms with van der Waals surface area (Å²) in [5.41, 5.74) is 0. The molecule has 0 aliphatic heterocycles. The van der Waals surface area contributed by atoms with Crippen molar-refractivity contribution >= 4 is 10.2 Å². The SMILES string of the molecule is COC1CCC(NS(=O)(=O)N(C)CCCNC2CC2)C1. The van der Waals surface area contributed by atoms with Gasteiger partial charge in [0, 0.05) is 32.8 Å². The Kier molecular flexibility index (Phi) is 5.80. The number of nitrogens with zero attached hydrogens (tertiary/aromatic N) is 1. The van der Waals surface area contributed by atoms with E-state index in [-0.39, 0.29) is 12.1 Å². The van der Waals surface area contributed by atoms with E-state index < -0.39 is 10.2 Å². The number of hydrogen-bond donors (Lipinski definition) is 2. The molecule has 6 nitrogen and oxygen atoms in total. The number of methoxy groups -OCH3 is 1. The van der Waals surface area contributed by atoms with Gasteiger partial charge in [-0.05, 0) is 45.1 Å². The minimum absolute atomic E-state index is 0.0111. The quantitative estimate of drug-likeness (QED) is 0.607. The maximum absolute atomic E-state index is 12.2. The van der Waals surface area contributed by atoms with Gasteiger partial charge in [0.15, 0.2) is 0 Å². The van der Waals surface area contributed by atoms with E-state index in [0.717, 1.165) is 32.2 Å². The lowest BCUT2D eigenvalue weighted by Crippen LogP contribution is -2.43. The summed E-state index contributed by atoms with van der Waals surface area (Å²) in [5, 5.41) is 3.39. The van der Waals surface area contributed by atoms with Crippen molar-refractivity contribution < 1.29 is 13.2 Å². The second-order valence-corrected chi connectivity index (χ2v) is 7.70. The Morgan fingerprint density at radius 3 is 2.50 bits per heavy atom. The van der Waals surface area contributed by atoms with Crippen LogP contribution < -0.4 is 10.0 Å². The summed E-state index contributed by atoms with van der Waals surface area (Å²) in [6.45, 7) is 1.44. The molecule has 0 aromatic carbocycles. The van der Waals surface area contributed by atoms with Gasteiger partial charge in [-0.15, -0.1) is 0 Å². The largest absolute Gasteiger partial charge is 0.381 e. The molecule has 0 aromatic heterocycles. The van der Waals surface area contributed by atoms with E-state index in [9.17, 15) is 8.42 Å². The standard InChI is InChI=1S/C13H27N3O3S/c1-16(9-3-8-14-11-4-5-11)20(17,18)15-12-6-7-13(10-12)19-2/h11-15H,3-10H2,1-2H3. The van der Waals surface area contributed by atoms with Crippen LogP contribution >= 0.6 is 0 Å². The van der Waals surface area contributed by atoms with Crippen LogP contribution in [0.3, 0.4) is 0 Å². The predicted molar refractivity (Wildman–Crippen MR) is 78.8 cm³/mol. The van der Waals surface area contributed by atoms with Crippen molar-refractivity contribution in [2.24, 2.45) is 0 Å². The third-order valence-corrected chi connectivity index (χ3v) is 5.74. The van der Waals surface area contributed by atoms with Crippen LogP contribution in [-0.4, -0.2) is 58.2 Å². The van der Waals surface area contributed by atoms with Crippen molar-refractivity contribution in [2.75, 3.05) is 27.2 Å². The second kappa shape index (κ2) is 7.17. The lowest BCUT2D eigenvalue weighted by molar-refractivity contribution is 0.107. The fourth-order valence-corrected chi connectivity index (χ4v) is 3.76. The summed E-state index contributed by atoms with van der Waals surface area (Å²) in [6, 6.07) is 0.691. The normalized spacial score (nSPS) is 27.4. The molecular formula is C13H27N3O3S. The van der Waals surface area contributed by atoms with Crippen LogP contribution in [0.2, 0.25) is 0 Å². The number of nitrogens with one attached hydrogen (secondary N) is 2. The molecule has 2 saturated carbocycles. The minimum atomic E-state index is -3.36. The second-order valence-electron chi connectivity index (χ2n) is 5.89. The van der Waals surface area contributed by atoms with Crippen LogP contribution in [0.1, 0.15) is 38.5 Å². The molecular weight excluding hydrogens is 278 g/mol. The number of ether oxygens (including phenoxy) is 1. The van der Waals surface area contributed by atoms with Gasteiger partial charge in [-0.2, -0.15) is 17.4 Å². The van der Waals surface area contributed by atoms with Crippen molar-refractivity contribution in [2.45, 2.75) is 56.7 Å². The zero-order valence-corrected chi connectivity index (χ0v) is 13.3. The summed E-state index contributed by atoms with van der Waals surface area (Å²) >= 11 is 0. The molecule has 20 heavy (non-hydrogen) atoms. The highest BCUT2D eigenvalue weighted by Gasteiger charge is 2.29. The Labute approximate surface area is 122 Å². The molecule has 2 atom stereocenters. The van der Waals surface area contributed by atoms with Crippen LogP contribution in [0.15, 0.2) is 0 Å². The summed E-state index contributed by atoms with van der Waals surface area (Å²) in [5.74, 6) is 0. The first-order chi connectivity index (χ1) is 9.51. The van der Waals surface area contributed by atoms with Gasteiger partial charge in [0.05, 0.1) is 6.10 Å². The number of hydrogen-bond acceptors (Lipinski definition) is 4. The Hall–Kier alpha value is -0.210. The average Bonchev–Trinajstić information content (AvgIpc) is 3.13. The molecule has 0 saturated heterocycles. The van der Waals surface area contributed by atoms with Gasteiger partial charge in [-0.1, -0.05) is 0 Å². The van der Waals surface area contributed by atoms with Gasteiger partial charge < -0.3 is 10.1 Å². The summed E-state index contributed by atoms with van der Waals surface area (Å²) in [7, 11) is -0.0383. The highest BCUT2D eigenvalue weighted by molar-refractivity contribution is 7.87. The van der Waals surface area contributed by atoms with E-state index in [1.807, 2.05) is 0 Å². The molecule has 2 aliphatic rings. The molecule has 0 bridgehead atoms. The van der Waals surface area contributed by atoms with Gasteiger partial charge in [-0.3, -0.25) is 0 Å². The topological polar surface area (TPSA) is 70.7 Å². The molecule has 0 amide bonds. The third-order valence-electron chi connectivity index (χ3n) is 4.10. The van der Waals surface area contributed by atoms with E-state index in [0.29, 0.717) is 12.6 Å². The summed E-state index contributed by atoms with van der Waals surface area (Å²) in [4.78, 5) is 0. The van der Waals surface area contributed by atoms with Gasteiger partial charge in [0.2, 0.25) is 0 Å². The van der Waals surface area contributed by atoms with E-state index in [1.165, 1.54) is 17.1 Å². The van der Waals surface area contributed by atoms with E-state index in [1.54, 1.807) is 14.2 Å². The average molecular weight is 305 g/mol. The maximum Gasteiger partial charge on any atom is 0.279 e. The third kappa shape index (κ3) is 4.96. The fraction of sp³-hybridized carbons (Fsp3) is 1.00. The summed E-state index contributed by atoms with van der Waals surface area (Å²) < 4.78 is 33.8.